The maximum atomic E-state index is 11.7. The zero-order valence-corrected chi connectivity index (χ0v) is 33.5. The van der Waals surface area contributed by atoms with E-state index in [-0.39, 0.29) is 5.97 Å². The number of carbonyl (C=O) groups excluding carboxylic acids is 1. The third kappa shape index (κ3) is 8.25. The summed E-state index contributed by atoms with van der Waals surface area (Å²) in [6, 6.07) is 52.4. The third-order valence-electron chi connectivity index (χ3n) is 10.8. The first-order valence-corrected chi connectivity index (χ1v) is 20.4. The highest BCUT2D eigenvalue weighted by Gasteiger charge is 2.40. The highest BCUT2D eigenvalue weighted by atomic mass is 16.5. The minimum absolute atomic E-state index is 0.122. The number of nitrogens with zero attached hydrogens (tertiary/aromatic N) is 4. The number of rotatable bonds is 17. The number of imidazole rings is 1. The molecular weight excluding hydrogens is 733 g/mol. The average molecular weight is 781 g/mol. The number of methoxy groups -OCH3 is 1. The number of benzene rings is 5. The van der Waals surface area contributed by atoms with E-state index in [1.54, 1.807) is 7.11 Å². The van der Waals surface area contributed by atoms with E-state index in [0.29, 0.717) is 19.6 Å². The number of hydrogen-bond donors (Lipinski definition) is 0. The maximum Gasteiger partial charge on any atom is 0.305 e. The molecule has 0 fully saturated rings. The topological polar surface area (TPSA) is 79.9 Å². The van der Waals surface area contributed by atoms with Gasteiger partial charge in [0.15, 0.2) is 0 Å². The fourth-order valence-electron chi connectivity index (χ4n) is 7.88. The summed E-state index contributed by atoms with van der Waals surface area (Å²) in [4.78, 5) is 16.4. The van der Waals surface area contributed by atoms with Gasteiger partial charge in [-0.05, 0) is 97.1 Å². The molecule has 8 aromatic rings. The van der Waals surface area contributed by atoms with E-state index in [0.717, 1.165) is 93.2 Å². The van der Waals surface area contributed by atoms with Crippen molar-refractivity contribution < 1.29 is 19.0 Å². The second kappa shape index (κ2) is 18.1. The predicted octanol–water partition coefficient (Wildman–Crippen LogP) is 11.3. The quantitative estimate of drug-likeness (QED) is 0.0520. The van der Waals surface area contributed by atoms with Crippen molar-refractivity contribution in [2.24, 2.45) is 0 Å². The lowest BCUT2D eigenvalue weighted by Gasteiger charge is -2.36. The smallest absolute Gasteiger partial charge is 0.305 e. The molecule has 8 rings (SSSR count). The van der Waals surface area contributed by atoms with Gasteiger partial charge in [0.1, 0.15) is 28.4 Å². The van der Waals surface area contributed by atoms with Gasteiger partial charge >= 0.3 is 5.97 Å². The van der Waals surface area contributed by atoms with E-state index in [9.17, 15) is 4.79 Å². The molecule has 8 heteroatoms. The van der Waals surface area contributed by atoms with Crippen LogP contribution in [0.1, 0.15) is 55.7 Å². The molecule has 59 heavy (non-hydrogen) atoms. The number of hydrogen-bond acceptors (Lipinski definition) is 6. The SMILES string of the molecule is CCOC(=O)CCCCCCOc1ccc(-c2nn(C(c3ccccc3)(c3ccccc3)c3ccccc3)cc2-c2ccc3ncc(-c4ccc(OC)cc4)n3c2)cc1. The molecule has 8 nitrogen and oxygen atoms in total. The summed E-state index contributed by atoms with van der Waals surface area (Å²) in [7, 11) is 1.68. The number of fused-ring (bicyclic) bond motifs is 1. The number of carbonyl (C=O) groups is 1. The Morgan fingerprint density at radius 3 is 1.81 bits per heavy atom. The Morgan fingerprint density at radius 1 is 0.627 bits per heavy atom. The molecule has 0 atom stereocenters. The van der Waals surface area contributed by atoms with E-state index >= 15 is 0 Å². The van der Waals surface area contributed by atoms with Crippen LogP contribution in [0.2, 0.25) is 0 Å². The number of ether oxygens (including phenoxy) is 3. The zero-order valence-electron chi connectivity index (χ0n) is 33.5. The Bertz CT molecular complexity index is 2490. The Hall–Kier alpha value is -6.93. The van der Waals surface area contributed by atoms with Gasteiger partial charge in [0.2, 0.25) is 0 Å². The van der Waals surface area contributed by atoms with Gasteiger partial charge in [0, 0.05) is 41.1 Å². The molecule has 0 N–H and O–H groups in total. The van der Waals surface area contributed by atoms with Gasteiger partial charge in [-0.25, -0.2) is 4.98 Å². The van der Waals surface area contributed by atoms with Crippen LogP contribution in [0.3, 0.4) is 0 Å². The number of esters is 1. The molecule has 0 aliphatic rings. The van der Waals surface area contributed by atoms with Crippen molar-refractivity contribution in [3.8, 4) is 45.1 Å². The highest BCUT2D eigenvalue weighted by molar-refractivity contribution is 5.82. The van der Waals surface area contributed by atoms with Crippen LogP contribution in [0.5, 0.6) is 11.5 Å². The van der Waals surface area contributed by atoms with Crippen molar-refractivity contribution in [1.82, 2.24) is 19.2 Å². The summed E-state index contributed by atoms with van der Waals surface area (Å²) in [6.45, 7) is 2.87. The van der Waals surface area contributed by atoms with Gasteiger partial charge in [0.25, 0.3) is 0 Å². The standard InChI is InChI=1S/C51H48N4O4/c1-3-58-49(56)23-15-4-5-16-34-59-45-31-26-39(27-32-45)50-46(40-28-33-48-52-35-47(54(48)36-40)38-24-29-44(57-2)30-25-38)37-55(53-50)51(41-17-9-6-10-18-41,42-19-11-7-12-20-42)43-21-13-8-14-22-43/h6-14,17-22,24-33,35-37H,3-5,15-16,23,34H2,1-2H3. The van der Waals surface area contributed by atoms with Crippen LogP contribution >= 0.6 is 0 Å². The van der Waals surface area contributed by atoms with Crippen molar-refractivity contribution in [1.29, 1.82) is 0 Å². The molecule has 0 unspecified atom stereocenters. The average Bonchev–Trinajstić information content (AvgIpc) is 3.93. The second-order valence-corrected chi connectivity index (χ2v) is 14.5. The largest absolute Gasteiger partial charge is 0.497 e. The lowest BCUT2D eigenvalue weighted by molar-refractivity contribution is -0.143. The van der Waals surface area contributed by atoms with Gasteiger partial charge in [-0.15, -0.1) is 0 Å². The van der Waals surface area contributed by atoms with Crippen LogP contribution in [-0.4, -0.2) is 45.5 Å². The highest BCUT2D eigenvalue weighted by Crippen LogP contribution is 2.43. The Morgan fingerprint density at radius 2 is 1.20 bits per heavy atom. The third-order valence-corrected chi connectivity index (χ3v) is 10.8. The fraction of sp³-hybridized carbons (Fsp3) is 0.196. The van der Waals surface area contributed by atoms with Gasteiger partial charge in [-0.2, -0.15) is 5.10 Å². The van der Waals surface area contributed by atoms with Gasteiger partial charge in [-0.3, -0.25) is 13.9 Å². The molecule has 0 saturated carbocycles. The molecule has 0 aliphatic carbocycles. The normalized spacial score (nSPS) is 11.4. The molecule has 3 aromatic heterocycles. The Balaban J connectivity index is 1.21. The van der Waals surface area contributed by atoms with E-state index in [1.165, 1.54) is 0 Å². The van der Waals surface area contributed by atoms with E-state index in [4.69, 9.17) is 24.3 Å². The summed E-state index contributed by atoms with van der Waals surface area (Å²) in [5, 5.41) is 5.59. The lowest BCUT2D eigenvalue weighted by atomic mass is 9.77. The number of unbranched alkanes of at least 4 members (excludes halogenated alkanes) is 3. The summed E-state index contributed by atoms with van der Waals surface area (Å²) in [6.07, 6.45) is 10.4. The molecule has 0 saturated heterocycles. The first-order chi connectivity index (χ1) is 29.1. The molecule has 0 aliphatic heterocycles. The Kier molecular flexibility index (Phi) is 12.0. The summed E-state index contributed by atoms with van der Waals surface area (Å²) < 4.78 is 21.0. The van der Waals surface area contributed by atoms with E-state index < -0.39 is 5.54 Å². The molecule has 0 spiro atoms. The van der Waals surface area contributed by atoms with Gasteiger partial charge in [0.05, 0.1) is 32.2 Å². The van der Waals surface area contributed by atoms with Crippen molar-refractivity contribution in [3.63, 3.8) is 0 Å². The van der Waals surface area contributed by atoms with Crippen molar-refractivity contribution in [3.05, 3.63) is 187 Å². The van der Waals surface area contributed by atoms with Gasteiger partial charge in [-0.1, -0.05) is 104 Å². The first kappa shape index (κ1) is 38.9. The second-order valence-electron chi connectivity index (χ2n) is 14.5. The van der Waals surface area contributed by atoms with Crippen molar-refractivity contribution in [2.45, 2.75) is 44.6 Å². The molecule has 0 amide bonds. The number of pyridine rings is 1. The Labute approximate surface area is 345 Å². The minimum Gasteiger partial charge on any atom is -0.497 e. The fourth-order valence-corrected chi connectivity index (χ4v) is 7.88. The van der Waals surface area contributed by atoms with Crippen molar-refractivity contribution >= 4 is 11.6 Å². The molecule has 3 heterocycles. The monoisotopic (exact) mass is 780 g/mol. The number of aromatic nitrogens is 4. The summed E-state index contributed by atoms with van der Waals surface area (Å²) in [5.74, 6) is 1.49. The van der Waals surface area contributed by atoms with E-state index in [2.05, 4.69) is 149 Å². The van der Waals surface area contributed by atoms with Crippen LogP contribution in [0, 0.1) is 0 Å². The first-order valence-electron chi connectivity index (χ1n) is 20.4. The lowest BCUT2D eigenvalue weighted by Crippen LogP contribution is -2.38. The van der Waals surface area contributed by atoms with Crippen LogP contribution in [0.25, 0.3) is 39.3 Å². The molecule has 0 bridgehead atoms. The van der Waals surface area contributed by atoms with Crippen LogP contribution in [0.4, 0.5) is 0 Å². The zero-order chi connectivity index (χ0) is 40.4. The van der Waals surface area contributed by atoms with Crippen molar-refractivity contribution in [2.75, 3.05) is 20.3 Å². The van der Waals surface area contributed by atoms with Crippen LogP contribution < -0.4 is 9.47 Å². The molecular formula is C51H48N4O4. The molecule has 5 aromatic carbocycles. The minimum atomic E-state index is -0.802. The molecule has 296 valence electrons. The van der Waals surface area contributed by atoms with Crippen LogP contribution in [-0.2, 0) is 15.1 Å². The van der Waals surface area contributed by atoms with Gasteiger partial charge < -0.3 is 14.2 Å². The maximum absolute atomic E-state index is 11.7. The molecule has 0 radical (unpaired) electrons. The predicted molar refractivity (Wildman–Crippen MR) is 234 cm³/mol. The summed E-state index contributed by atoms with van der Waals surface area (Å²) >= 11 is 0. The van der Waals surface area contributed by atoms with E-state index in [1.807, 2.05) is 37.4 Å². The summed E-state index contributed by atoms with van der Waals surface area (Å²) in [5.41, 5.74) is 9.12. The van der Waals surface area contributed by atoms with Crippen LogP contribution in [0.15, 0.2) is 170 Å².